The van der Waals surface area contributed by atoms with Gasteiger partial charge in [-0.1, -0.05) is 0 Å². The van der Waals surface area contributed by atoms with Crippen LogP contribution in [-0.2, 0) is 9.53 Å². The molecule has 0 unspecified atom stereocenters. The molecule has 0 bridgehead atoms. The third kappa shape index (κ3) is 6.01. The van der Waals surface area contributed by atoms with Gasteiger partial charge in [-0.15, -0.1) is 25.3 Å². The van der Waals surface area contributed by atoms with Crippen molar-refractivity contribution in [3.63, 3.8) is 0 Å². The fourth-order valence-electron chi connectivity index (χ4n) is 0.578. The van der Waals surface area contributed by atoms with Crippen LogP contribution in [0.15, 0.2) is 9.81 Å². The number of ether oxygens (including phenoxy) is 1. The normalized spacial score (nSPS) is 9.54. The maximum atomic E-state index is 11.1. The van der Waals surface area contributed by atoms with Crippen LogP contribution in [0.3, 0.4) is 0 Å². The van der Waals surface area contributed by atoms with Crippen molar-refractivity contribution in [2.24, 2.45) is 0 Å². The molecule has 76 valence electrons. The number of thiol groups is 2. The topological polar surface area (TPSA) is 46.5 Å². The average molecular weight is 222 g/mol. The van der Waals surface area contributed by atoms with Gasteiger partial charge in [0.2, 0.25) is 0 Å². The molecule has 0 saturated heterocycles. The van der Waals surface area contributed by atoms with E-state index in [4.69, 9.17) is 9.84 Å². The van der Waals surface area contributed by atoms with Crippen LogP contribution in [0.25, 0.3) is 0 Å². The van der Waals surface area contributed by atoms with Crippen molar-refractivity contribution in [2.45, 2.75) is 19.8 Å². The molecule has 1 N–H and O–H groups in total. The fourth-order valence-corrected chi connectivity index (χ4v) is 0.761. The smallest absolute Gasteiger partial charge is 0.335 e. The third-order valence-corrected chi connectivity index (χ3v) is 2.10. The van der Waals surface area contributed by atoms with E-state index in [9.17, 15) is 4.79 Å². The Labute approximate surface area is 89.0 Å². The molecule has 0 heterocycles. The first-order valence-corrected chi connectivity index (χ1v) is 4.85. The summed E-state index contributed by atoms with van der Waals surface area (Å²) in [6, 6.07) is 0. The molecule has 0 aromatic rings. The number of esters is 1. The summed E-state index contributed by atoms with van der Waals surface area (Å²) in [5.74, 6) is -0.405. The van der Waals surface area contributed by atoms with Gasteiger partial charge in [0, 0.05) is 10.8 Å². The van der Waals surface area contributed by atoms with Crippen molar-refractivity contribution in [3.05, 3.63) is 9.81 Å². The fraction of sp³-hybridized carbons (Fsp3) is 0.625. The van der Waals surface area contributed by atoms with Crippen LogP contribution in [0.5, 0.6) is 0 Å². The lowest BCUT2D eigenvalue weighted by Crippen LogP contribution is -2.07. The molecule has 0 aliphatic rings. The summed E-state index contributed by atoms with van der Waals surface area (Å²) in [7, 11) is 0. The SMILES string of the molecule is CC(C(=O)OCCCCO)=C(S)S. The summed E-state index contributed by atoms with van der Waals surface area (Å²) < 4.78 is 5.23. The van der Waals surface area contributed by atoms with Crippen LogP contribution in [0, 0.1) is 0 Å². The van der Waals surface area contributed by atoms with E-state index in [2.05, 4.69) is 25.3 Å². The van der Waals surface area contributed by atoms with Crippen LogP contribution < -0.4 is 0 Å². The van der Waals surface area contributed by atoms with Crippen LogP contribution in [0.1, 0.15) is 19.8 Å². The molecule has 0 aliphatic heterocycles. The molecule has 3 nitrogen and oxygen atoms in total. The first-order valence-electron chi connectivity index (χ1n) is 3.96. The second kappa shape index (κ2) is 7.29. The number of unbranched alkanes of at least 4 members (excludes halogenated alkanes) is 1. The highest BCUT2D eigenvalue weighted by Crippen LogP contribution is 2.13. The summed E-state index contributed by atoms with van der Waals surface area (Å²) in [5, 5.41) is 8.45. The Hall–Kier alpha value is -0.130. The number of hydrogen-bond donors (Lipinski definition) is 3. The van der Waals surface area contributed by atoms with E-state index in [-0.39, 0.29) is 6.61 Å². The molecule has 0 fully saturated rings. The largest absolute Gasteiger partial charge is 0.462 e. The second-order valence-electron chi connectivity index (χ2n) is 2.52. The van der Waals surface area contributed by atoms with Gasteiger partial charge in [0.15, 0.2) is 0 Å². The molecule has 0 spiro atoms. The maximum absolute atomic E-state index is 11.1. The van der Waals surface area contributed by atoms with E-state index in [0.29, 0.717) is 29.3 Å². The minimum atomic E-state index is -0.405. The van der Waals surface area contributed by atoms with E-state index in [0.717, 1.165) is 0 Å². The van der Waals surface area contributed by atoms with Gasteiger partial charge in [0.25, 0.3) is 0 Å². The Bertz CT molecular complexity index is 198. The van der Waals surface area contributed by atoms with E-state index in [1.54, 1.807) is 6.92 Å². The summed E-state index contributed by atoms with van der Waals surface area (Å²) in [6.45, 7) is 2.05. The van der Waals surface area contributed by atoms with Gasteiger partial charge in [-0.05, 0) is 19.8 Å². The van der Waals surface area contributed by atoms with Crippen LogP contribution in [0.4, 0.5) is 0 Å². The molecular weight excluding hydrogens is 208 g/mol. The number of carbonyl (C=O) groups is 1. The summed E-state index contributed by atoms with van der Waals surface area (Å²) in [5.41, 5.74) is 0.399. The summed E-state index contributed by atoms with van der Waals surface area (Å²) >= 11 is 7.80. The van der Waals surface area contributed by atoms with Crippen LogP contribution in [0.2, 0.25) is 0 Å². The molecule has 0 aliphatic carbocycles. The Morgan fingerprint density at radius 1 is 1.38 bits per heavy atom. The molecule has 0 saturated carbocycles. The highest BCUT2D eigenvalue weighted by atomic mass is 32.2. The van der Waals surface area contributed by atoms with Gasteiger partial charge < -0.3 is 9.84 Å². The number of rotatable bonds is 5. The third-order valence-electron chi connectivity index (χ3n) is 1.43. The minimum absolute atomic E-state index is 0.122. The number of hydrogen-bond acceptors (Lipinski definition) is 5. The number of carbonyl (C=O) groups excluding carboxylic acids is 1. The van der Waals surface area contributed by atoms with Gasteiger partial charge in [0.1, 0.15) is 0 Å². The van der Waals surface area contributed by atoms with Crippen LogP contribution >= 0.6 is 25.3 Å². The Kier molecular flexibility index (Phi) is 7.22. The molecule has 0 aromatic carbocycles. The predicted molar refractivity (Wildman–Crippen MR) is 58.0 cm³/mol. The van der Waals surface area contributed by atoms with E-state index in [1.807, 2.05) is 0 Å². The molecule has 0 aromatic heterocycles. The zero-order chi connectivity index (χ0) is 10.3. The van der Waals surface area contributed by atoms with Gasteiger partial charge in [-0.2, -0.15) is 0 Å². The van der Waals surface area contributed by atoms with Crippen molar-refractivity contribution in [3.8, 4) is 0 Å². The van der Waals surface area contributed by atoms with E-state index in [1.165, 1.54) is 0 Å². The maximum Gasteiger partial charge on any atom is 0.335 e. The Morgan fingerprint density at radius 2 is 2.00 bits per heavy atom. The van der Waals surface area contributed by atoms with Crippen molar-refractivity contribution < 1.29 is 14.6 Å². The van der Waals surface area contributed by atoms with Crippen molar-refractivity contribution in [1.29, 1.82) is 0 Å². The van der Waals surface area contributed by atoms with Crippen molar-refractivity contribution in [2.75, 3.05) is 13.2 Å². The average Bonchev–Trinajstić information content (AvgIpc) is 2.10. The summed E-state index contributed by atoms with van der Waals surface area (Å²) in [6.07, 6.45) is 1.31. The van der Waals surface area contributed by atoms with E-state index >= 15 is 0 Å². The number of aliphatic hydroxyl groups is 1. The monoisotopic (exact) mass is 222 g/mol. The van der Waals surface area contributed by atoms with Gasteiger partial charge >= 0.3 is 5.97 Å². The standard InChI is InChI=1S/C8H14O3S2/c1-6(8(12)13)7(10)11-5-3-2-4-9/h9,12-13H,2-5H2,1H3. The predicted octanol–water partition coefficient (Wildman–Crippen LogP) is 1.39. The lowest BCUT2D eigenvalue weighted by molar-refractivity contribution is -0.139. The Balaban J connectivity index is 3.70. The highest BCUT2D eigenvalue weighted by Gasteiger charge is 2.07. The Morgan fingerprint density at radius 3 is 2.46 bits per heavy atom. The molecule has 0 amide bonds. The van der Waals surface area contributed by atoms with Gasteiger partial charge in [0.05, 0.1) is 12.2 Å². The zero-order valence-electron chi connectivity index (χ0n) is 7.49. The quantitative estimate of drug-likeness (QED) is 0.285. The van der Waals surface area contributed by atoms with Crippen molar-refractivity contribution in [1.82, 2.24) is 0 Å². The highest BCUT2D eigenvalue weighted by molar-refractivity contribution is 8.05. The minimum Gasteiger partial charge on any atom is -0.462 e. The molecule has 13 heavy (non-hydrogen) atoms. The number of aliphatic hydroxyl groups excluding tert-OH is 1. The summed E-state index contributed by atoms with van der Waals surface area (Å²) in [4.78, 5) is 11.1. The van der Waals surface area contributed by atoms with Gasteiger partial charge in [-0.3, -0.25) is 0 Å². The molecular formula is C8H14O3S2. The van der Waals surface area contributed by atoms with Gasteiger partial charge in [-0.25, -0.2) is 4.79 Å². The zero-order valence-corrected chi connectivity index (χ0v) is 9.28. The lowest BCUT2D eigenvalue weighted by atomic mass is 10.3. The molecule has 0 atom stereocenters. The van der Waals surface area contributed by atoms with E-state index < -0.39 is 5.97 Å². The lowest BCUT2D eigenvalue weighted by Gasteiger charge is -2.04. The first kappa shape index (κ1) is 12.9. The molecule has 0 radical (unpaired) electrons. The second-order valence-corrected chi connectivity index (χ2v) is 3.76. The first-order chi connectivity index (χ1) is 6.09. The molecule has 5 heteroatoms. The molecule has 0 rings (SSSR count). The van der Waals surface area contributed by atoms with Crippen LogP contribution in [-0.4, -0.2) is 24.3 Å². The van der Waals surface area contributed by atoms with Crippen molar-refractivity contribution >= 4 is 31.2 Å².